The van der Waals surface area contributed by atoms with Gasteiger partial charge in [0.2, 0.25) is 5.82 Å². The summed E-state index contributed by atoms with van der Waals surface area (Å²) in [6.07, 6.45) is 7.19. The number of anilines is 1. The van der Waals surface area contributed by atoms with Crippen molar-refractivity contribution < 1.29 is 4.52 Å². The standard InChI is InChI=1S/C14H14N6OS/c1-2-6-20(7-3-1)12-5-4-10(8-15-12)13-17-14(21-18-13)11-9-16-19-22-11/h4-5,8-9H,1-3,6-7H2. The first-order valence-corrected chi connectivity index (χ1v) is 8.00. The zero-order valence-electron chi connectivity index (χ0n) is 11.8. The first-order chi connectivity index (χ1) is 10.9. The number of hydrogen-bond acceptors (Lipinski definition) is 8. The molecule has 1 fully saturated rings. The van der Waals surface area contributed by atoms with Crippen molar-refractivity contribution in [1.82, 2.24) is 24.7 Å². The van der Waals surface area contributed by atoms with Crippen molar-refractivity contribution in [3.63, 3.8) is 0 Å². The molecular formula is C14H14N6OS. The average Bonchev–Trinajstić information content (AvgIpc) is 3.27. The van der Waals surface area contributed by atoms with E-state index >= 15 is 0 Å². The van der Waals surface area contributed by atoms with Gasteiger partial charge in [-0.1, -0.05) is 9.64 Å². The second-order valence-corrected chi connectivity index (χ2v) is 5.94. The molecule has 3 aromatic rings. The van der Waals surface area contributed by atoms with Crippen molar-refractivity contribution in [3.8, 4) is 22.2 Å². The number of rotatable bonds is 3. The molecule has 0 unspecified atom stereocenters. The van der Waals surface area contributed by atoms with E-state index in [9.17, 15) is 0 Å². The number of hydrogen-bond donors (Lipinski definition) is 0. The van der Waals surface area contributed by atoms with E-state index in [1.165, 1.54) is 30.8 Å². The van der Waals surface area contributed by atoms with Crippen molar-refractivity contribution in [1.29, 1.82) is 0 Å². The molecule has 7 nitrogen and oxygen atoms in total. The third kappa shape index (κ3) is 2.57. The van der Waals surface area contributed by atoms with Crippen molar-refractivity contribution in [2.75, 3.05) is 18.0 Å². The smallest absolute Gasteiger partial charge is 0.271 e. The highest BCUT2D eigenvalue weighted by Gasteiger charge is 2.15. The molecule has 0 aliphatic carbocycles. The molecular weight excluding hydrogens is 300 g/mol. The summed E-state index contributed by atoms with van der Waals surface area (Å²) >= 11 is 1.23. The van der Waals surface area contributed by atoms with Gasteiger partial charge in [0.25, 0.3) is 5.89 Å². The number of pyridine rings is 1. The minimum atomic E-state index is 0.435. The van der Waals surface area contributed by atoms with Crippen LogP contribution in [-0.2, 0) is 0 Å². The predicted octanol–water partition coefficient (Wildman–Crippen LogP) is 2.64. The zero-order chi connectivity index (χ0) is 14.8. The van der Waals surface area contributed by atoms with Gasteiger partial charge >= 0.3 is 0 Å². The molecule has 1 saturated heterocycles. The van der Waals surface area contributed by atoms with Crippen LogP contribution in [0.25, 0.3) is 22.2 Å². The molecule has 0 aromatic carbocycles. The Bertz CT molecular complexity index is 733. The highest BCUT2D eigenvalue weighted by molar-refractivity contribution is 7.09. The maximum Gasteiger partial charge on any atom is 0.271 e. The van der Waals surface area contributed by atoms with Crippen LogP contribution < -0.4 is 4.90 Å². The first kappa shape index (κ1) is 13.3. The van der Waals surface area contributed by atoms with Gasteiger partial charge < -0.3 is 9.42 Å². The van der Waals surface area contributed by atoms with Gasteiger partial charge in [0.15, 0.2) is 0 Å². The molecule has 0 bridgehead atoms. The van der Waals surface area contributed by atoms with E-state index in [4.69, 9.17) is 4.52 Å². The fourth-order valence-corrected chi connectivity index (χ4v) is 2.97. The Labute approximate surface area is 131 Å². The van der Waals surface area contributed by atoms with Gasteiger partial charge in [0.05, 0.1) is 6.20 Å². The molecule has 4 heterocycles. The SMILES string of the molecule is c1cc(N2CCCCC2)ncc1-c1noc(-c2cnns2)n1. The van der Waals surface area contributed by atoms with Gasteiger partial charge in [-0.05, 0) is 42.9 Å². The van der Waals surface area contributed by atoms with Gasteiger partial charge in [-0.25, -0.2) is 4.98 Å². The number of aromatic nitrogens is 5. The molecule has 1 aliphatic rings. The molecule has 0 radical (unpaired) electrons. The van der Waals surface area contributed by atoms with E-state index in [0.29, 0.717) is 11.7 Å². The maximum absolute atomic E-state index is 5.24. The average molecular weight is 314 g/mol. The van der Waals surface area contributed by atoms with E-state index in [1.54, 1.807) is 12.4 Å². The van der Waals surface area contributed by atoms with Gasteiger partial charge in [-0.15, -0.1) is 5.10 Å². The van der Waals surface area contributed by atoms with Gasteiger partial charge in [0, 0.05) is 24.8 Å². The van der Waals surface area contributed by atoms with E-state index in [2.05, 4.69) is 29.6 Å². The topological polar surface area (TPSA) is 80.8 Å². The van der Waals surface area contributed by atoms with Crippen LogP contribution in [0.1, 0.15) is 19.3 Å². The van der Waals surface area contributed by atoms with Crippen molar-refractivity contribution in [3.05, 3.63) is 24.5 Å². The fraction of sp³-hybridized carbons (Fsp3) is 0.357. The summed E-state index contributed by atoms with van der Waals surface area (Å²) in [7, 11) is 0. The largest absolute Gasteiger partial charge is 0.357 e. The van der Waals surface area contributed by atoms with Crippen molar-refractivity contribution in [2.45, 2.75) is 19.3 Å². The summed E-state index contributed by atoms with van der Waals surface area (Å²) < 4.78 is 9.03. The van der Waals surface area contributed by atoms with Crippen molar-refractivity contribution in [2.24, 2.45) is 0 Å². The molecule has 0 atom stereocenters. The van der Waals surface area contributed by atoms with Gasteiger partial charge in [-0.2, -0.15) is 4.98 Å². The lowest BCUT2D eigenvalue weighted by Crippen LogP contribution is -2.29. The second-order valence-electron chi connectivity index (χ2n) is 5.16. The monoisotopic (exact) mass is 314 g/mol. The third-order valence-corrected chi connectivity index (χ3v) is 4.34. The van der Waals surface area contributed by atoms with Crippen LogP contribution in [0, 0.1) is 0 Å². The summed E-state index contributed by atoms with van der Waals surface area (Å²) in [6.45, 7) is 2.16. The molecule has 0 spiro atoms. The predicted molar refractivity (Wildman–Crippen MR) is 82.5 cm³/mol. The Morgan fingerprint density at radius 1 is 1.09 bits per heavy atom. The molecule has 1 aliphatic heterocycles. The summed E-state index contributed by atoms with van der Waals surface area (Å²) in [6, 6.07) is 4.00. The molecule has 112 valence electrons. The molecule has 22 heavy (non-hydrogen) atoms. The summed E-state index contributed by atoms with van der Waals surface area (Å²) in [4.78, 5) is 12.0. The van der Waals surface area contributed by atoms with E-state index in [0.717, 1.165) is 29.3 Å². The zero-order valence-corrected chi connectivity index (χ0v) is 12.7. The van der Waals surface area contributed by atoms with Crippen molar-refractivity contribution >= 4 is 17.4 Å². The van der Waals surface area contributed by atoms with E-state index < -0.39 is 0 Å². The Hall–Kier alpha value is -2.35. The minimum absolute atomic E-state index is 0.435. The van der Waals surface area contributed by atoms with Crippen LogP contribution >= 0.6 is 11.5 Å². The van der Waals surface area contributed by atoms with E-state index in [-0.39, 0.29) is 0 Å². The molecule has 0 amide bonds. The molecule has 4 rings (SSSR count). The third-order valence-electron chi connectivity index (χ3n) is 3.68. The summed E-state index contributed by atoms with van der Waals surface area (Å²) in [5.41, 5.74) is 0.841. The van der Waals surface area contributed by atoms with Gasteiger partial charge in [0.1, 0.15) is 10.7 Å². The van der Waals surface area contributed by atoms with Gasteiger partial charge in [-0.3, -0.25) is 0 Å². The lowest BCUT2D eigenvalue weighted by molar-refractivity contribution is 0.433. The highest BCUT2D eigenvalue weighted by atomic mass is 32.1. The quantitative estimate of drug-likeness (QED) is 0.735. The molecule has 0 saturated carbocycles. The molecule has 0 N–H and O–H groups in total. The Balaban J connectivity index is 1.55. The molecule has 3 aromatic heterocycles. The Kier molecular flexibility index (Phi) is 3.51. The normalized spacial score (nSPS) is 15.2. The maximum atomic E-state index is 5.24. The first-order valence-electron chi connectivity index (χ1n) is 7.23. The number of piperidine rings is 1. The molecule has 8 heteroatoms. The van der Waals surface area contributed by atoms with Crippen LogP contribution in [0.2, 0.25) is 0 Å². The summed E-state index contributed by atoms with van der Waals surface area (Å²) in [5, 5.41) is 7.76. The lowest BCUT2D eigenvalue weighted by Gasteiger charge is -2.27. The van der Waals surface area contributed by atoms with Crippen LogP contribution in [0.4, 0.5) is 5.82 Å². The summed E-state index contributed by atoms with van der Waals surface area (Å²) in [5.74, 6) is 1.98. The van der Waals surface area contributed by atoms with Crippen LogP contribution in [-0.4, -0.2) is 37.8 Å². The lowest BCUT2D eigenvalue weighted by atomic mass is 10.1. The fourth-order valence-electron chi connectivity index (χ4n) is 2.53. The highest BCUT2D eigenvalue weighted by Crippen LogP contribution is 2.24. The van der Waals surface area contributed by atoms with Crippen LogP contribution in [0.5, 0.6) is 0 Å². The minimum Gasteiger partial charge on any atom is -0.357 e. The number of nitrogens with zero attached hydrogens (tertiary/aromatic N) is 6. The van der Waals surface area contributed by atoms with Crippen LogP contribution in [0.15, 0.2) is 29.0 Å². The second kappa shape index (κ2) is 5.80. The van der Waals surface area contributed by atoms with E-state index in [1.807, 2.05) is 12.1 Å². The van der Waals surface area contributed by atoms with Crippen LogP contribution in [0.3, 0.4) is 0 Å². The Morgan fingerprint density at radius 3 is 2.73 bits per heavy atom. The Morgan fingerprint density at radius 2 is 2.00 bits per heavy atom.